The first-order valence-corrected chi connectivity index (χ1v) is 9.52. The Hall–Kier alpha value is -1.98. The predicted molar refractivity (Wildman–Crippen MR) is 102 cm³/mol. The Morgan fingerprint density at radius 1 is 0.897 bits per heavy atom. The van der Waals surface area contributed by atoms with E-state index >= 15 is 0 Å². The summed E-state index contributed by atoms with van der Waals surface area (Å²) in [5.74, 6) is 0. The van der Waals surface area contributed by atoms with Crippen molar-refractivity contribution >= 4 is 0 Å². The van der Waals surface area contributed by atoms with Crippen molar-refractivity contribution in [1.29, 1.82) is 0 Å². The van der Waals surface area contributed by atoms with Gasteiger partial charge in [0.1, 0.15) is 24.4 Å². The number of aliphatic hydroxyl groups excluding tert-OH is 4. The molecular formula is C20H27N3O6. The summed E-state index contributed by atoms with van der Waals surface area (Å²) in [6, 6.07) is 11.4. The average molecular weight is 405 g/mol. The Bertz CT molecular complexity index is 679. The molecule has 0 bridgehead atoms. The van der Waals surface area contributed by atoms with Crippen molar-refractivity contribution in [3.8, 4) is 0 Å². The van der Waals surface area contributed by atoms with Crippen LogP contribution in [0.25, 0.3) is 0 Å². The van der Waals surface area contributed by atoms with Gasteiger partial charge in [-0.05, 0) is 24.3 Å². The van der Waals surface area contributed by atoms with Gasteiger partial charge >= 0.3 is 0 Å². The zero-order valence-corrected chi connectivity index (χ0v) is 16.0. The molecule has 158 valence electrons. The fraction of sp³-hybridized carbons (Fsp3) is 0.500. The molecule has 2 aromatic heterocycles. The van der Waals surface area contributed by atoms with Crippen LogP contribution in [0.4, 0.5) is 0 Å². The summed E-state index contributed by atoms with van der Waals surface area (Å²) in [5, 5.41) is 39.1. The Morgan fingerprint density at radius 3 is 2.03 bits per heavy atom. The van der Waals surface area contributed by atoms with Crippen LogP contribution in [0, 0.1) is 0 Å². The molecule has 0 spiro atoms. The molecule has 0 unspecified atom stereocenters. The van der Waals surface area contributed by atoms with Gasteiger partial charge in [-0.3, -0.25) is 14.9 Å². The van der Waals surface area contributed by atoms with Crippen molar-refractivity contribution in [3.05, 3.63) is 60.2 Å². The molecule has 1 aliphatic heterocycles. The number of pyridine rings is 2. The standard InChI is InChI=1S/C20H27N3O6/c24-13-16-17(25)18(26)19(27)20(29-16)28-10-9-23(11-14-5-1-3-7-21-14)12-15-6-2-4-8-22-15/h1-8,16-20,24-27H,9-13H2/t16-,17-,18+,19+,20+/m1/s1. The molecule has 3 rings (SSSR count). The minimum atomic E-state index is -1.45. The maximum atomic E-state index is 10.1. The second kappa shape index (κ2) is 10.7. The van der Waals surface area contributed by atoms with Gasteiger partial charge in [-0.25, -0.2) is 0 Å². The van der Waals surface area contributed by atoms with Crippen LogP contribution in [0.5, 0.6) is 0 Å². The van der Waals surface area contributed by atoms with Crippen molar-refractivity contribution in [1.82, 2.24) is 14.9 Å². The number of rotatable bonds is 9. The largest absolute Gasteiger partial charge is 0.394 e. The molecule has 5 atom stereocenters. The molecule has 1 fully saturated rings. The van der Waals surface area contributed by atoms with Crippen LogP contribution < -0.4 is 0 Å². The molecule has 2 aromatic rings. The topological polar surface area (TPSA) is 128 Å². The fourth-order valence-corrected chi connectivity index (χ4v) is 3.16. The molecule has 3 heterocycles. The predicted octanol–water partition coefficient (Wildman–Crippen LogP) is -0.705. The van der Waals surface area contributed by atoms with E-state index in [0.717, 1.165) is 11.4 Å². The van der Waals surface area contributed by atoms with Crippen LogP contribution in [0.2, 0.25) is 0 Å². The summed E-state index contributed by atoms with van der Waals surface area (Å²) < 4.78 is 11.0. The monoisotopic (exact) mass is 405 g/mol. The van der Waals surface area contributed by atoms with Crippen LogP contribution >= 0.6 is 0 Å². The number of hydrogen-bond donors (Lipinski definition) is 4. The van der Waals surface area contributed by atoms with E-state index in [4.69, 9.17) is 9.47 Å². The van der Waals surface area contributed by atoms with Gasteiger partial charge in [0, 0.05) is 32.0 Å². The van der Waals surface area contributed by atoms with E-state index < -0.39 is 37.3 Å². The van der Waals surface area contributed by atoms with E-state index in [1.54, 1.807) is 12.4 Å². The highest BCUT2D eigenvalue weighted by Gasteiger charge is 2.43. The quantitative estimate of drug-likeness (QED) is 0.428. The smallest absolute Gasteiger partial charge is 0.186 e. The first-order valence-electron chi connectivity index (χ1n) is 9.52. The van der Waals surface area contributed by atoms with E-state index in [1.807, 2.05) is 36.4 Å². The summed E-state index contributed by atoms with van der Waals surface area (Å²) in [5.41, 5.74) is 1.80. The SMILES string of the molecule is OC[C@H]1O[C@H](OCCN(Cc2ccccn2)Cc2ccccn2)[C@@H](O)[C@@H](O)[C@@H]1O. The zero-order chi connectivity index (χ0) is 20.6. The maximum absolute atomic E-state index is 10.1. The number of aliphatic hydroxyl groups is 4. The van der Waals surface area contributed by atoms with Crippen molar-refractivity contribution < 1.29 is 29.9 Å². The van der Waals surface area contributed by atoms with Crippen LogP contribution in [-0.4, -0.2) is 85.8 Å². The molecule has 9 heteroatoms. The molecule has 0 amide bonds. The van der Waals surface area contributed by atoms with Crippen molar-refractivity contribution in [2.24, 2.45) is 0 Å². The third-order valence-corrected chi connectivity index (χ3v) is 4.76. The van der Waals surface area contributed by atoms with Gasteiger partial charge < -0.3 is 29.9 Å². The Labute approximate surface area is 169 Å². The van der Waals surface area contributed by atoms with Crippen molar-refractivity contribution in [2.45, 2.75) is 43.8 Å². The summed E-state index contributed by atoms with van der Waals surface area (Å²) in [6.07, 6.45) is -2.93. The molecule has 4 N–H and O–H groups in total. The van der Waals surface area contributed by atoms with Gasteiger partial charge in [0.15, 0.2) is 6.29 Å². The van der Waals surface area contributed by atoms with Crippen LogP contribution in [0.1, 0.15) is 11.4 Å². The molecule has 0 aromatic carbocycles. The maximum Gasteiger partial charge on any atom is 0.186 e. The average Bonchev–Trinajstić information content (AvgIpc) is 2.75. The number of aromatic nitrogens is 2. The fourth-order valence-electron chi connectivity index (χ4n) is 3.16. The van der Waals surface area contributed by atoms with E-state index in [0.29, 0.717) is 19.6 Å². The summed E-state index contributed by atoms with van der Waals surface area (Å²) in [4.78, 5) is 10.8. The van der Waals surface area contributed by atoms with Crippen molar-refractivity contribution in [2.75, 3.05) is 19.8 Å². The summed E-state index contributed by atoms with van der Waals surface area (Å²) in [6.45, 7) is 1.35. The number of nitrogens with zero attached hydrogens (tertiary/aromatic N) is 3. The molecule has 0 radical (unpaired) electrons. The Balaban J connectivity index is 1.59. The zero-order valence-electron chi connectivity index (χ0n) is 16.0. The lowest BCUT2D eigenvalue weighted by Crippen LogP contribution is -2.59. The molecule has 1 aliphatic rings. The minimum absolute atomic E-state index is 0.197. The Kier molecular flexibility index (Phi) is 8.01. The van der Waals surface area contributed by atoms with E-state index in [2.05, 4.69) is 14.9 Å². The second-order valence-electron chi connectivity index (χ2n) is 6.92. The summed E-state index contributed by atoms with van der Waals surface area (Å²) >= 11 is 0. The lowest BCUT2D eigenvalue weighted by atomic mass is 9.99. The molecule has 1 saturated heterocycles. The first-order chi connectivity index (χ1) is 14.1. The normalized spacial score (nSPS) is 27.3. The first kappa shape index (κ1) is 21.7. The van der Waals surface area contributed by atoms with E-state index in [9.17, 15) is 20.4 Å². The number of hydrogen-bond acceptors (Lipinski definition) is 9. The lowest BCUT2D eigenvalue weighted by molar-refractivity contribution is -0.301. The summed E-state index contributed by atoms with van der Waals surface area (Å²) in [7, 11) is 0. The van der Waals surface area contributed by atoms with Gasteiger partial charge in [-0.2, -0.15) is 0 Å². The van der Waals surface area contributed by atoms with E-state index in [-0.39, 0.29) is 6.61 Å². The van der Waals surface area contributed by atoms with Gasteiger partial charge in [-0.1, -0.05) is 12.1 Å². The van der Waals surface area contributed by atoms with Gasteiger partial charge in [0.2, 0.25) is 0 Å². The number of ether oxygens (including phenoxy) is 2. The molecule has 29 heavy (non-hydrogen) atoms. The Morgan fingerprint density at radius 2 is 1.52 bits per heavy atom. The van der Waals surface area contributed by atoms with Gasteiger partial charge in [0.25, 0.3) is 0 Å². The third-order valence-electron chi connectivity index (χ3n) is 4.76. The lowest BCUT2D eigenvalue weighted by Gasteiger charge is -2.39. The van der Waals surface area contributed by atoms with Crippen molar-refractivity contribution in [3.63, 3.8) is 0 Å². The second-order valence-corrected chi connectivity index (χ2v) is 6.92. The molecular weight excluding hydrogens is 378 g/mol. The minimum Gasteiger partial charge on any atom is -0.394 e. The highest BCUT2D eigenvalue weighted by Crippen LogP contribution is 2.22. The van der Waals surface area contributed by atoms with E-state index in [1.165, 1.54) is 0 Å². The molecule has 0 saturated carbocycles. The highest BCUT2D eigenvalue weighted by atomic mass is 16.7. The highest BCUT2D eigenvalue weighted by molar-refractivity contribution is 5.06. The molecule has 0 aliphatic carbocycles. The van der Waals surface area contributed by atoms with Crippen LogP contribution in [0.15, 0.2) is 48.8 Å². The van der Waals surface area contributed by atoms with Crippen LogP contribution in [0.3, 0.4) is 0 Å². The third kappa shape index (κ3) is 6.00. The van der Waals surface area contributed by atoms with Gasteiger partial charge in [0.05, 0.1) is 24.6 Å². The van der Waals surface area contributed by atoms with Gasteiger partial charge in [-0.15, -0.1) is 0 Å². The molecule has 9 nitrogen and oxygen atoms in total. The van der Waals surface area contributed by atoms with Crippen LogP contribution in [-0.2, 0) is 22.6 Å².